The number of nitrogens with two attached hydrogens (primary N) is 2. The van der Waals surface area contributed by atoms with E-state index >= 15 is 0 Å². The smallest absolute Gasteiger partial charge is 0.313 e. The van der Waals surface area contributed by atoms with Crippen LogP contribution in [-0.2, 0) is 4.79 Å². The average molecular weight is 225 g/mol. The van der Waals surface area contributed by atoms with Crippen molar-refractivity contribution in [2.45, 2.75) is 6.29 Å². The summed E-state index contributed by atoms with van der Waals surface area (Å²) < 4.78 is 0. The number of nitrogens with zero attached hydrogens (tertiary/aromatic N) is 1. The number of carbonyl (C=O) groups excluding carboxylic acids is 1. The number of anilines is 1. The highest BCUT2D eigenvalue weighted by molar-refractivity contribution is 6.43. The highest BCUT2D eigenvalue weighted by Gasteiger charge is 2.18. The molecule has 0 aliphatic heterocycles. The highest BCUT2D eigenvalue weighted by Crippen LogP contribution is 2.12. The van der Waals surface area contributed by atoms with Gasteiger partial charge in [0.2, 0.25) is 0 Å². The molecule has 0 radical (unpaired) electrons. The summed E-state index contributed by atoms with van der Waals surface area (Å²) >= 11 is 0. The number of aromatic nitrogens is 1. The quantitative estimate of drug-likeness (QED) is 0.266. The van der Waals surface area contributed by atoms with Crippen LogP contribution in [0.3, 0.4) is 0 Å². The van der Waals surface area contributed by atoms with Crippen LogP contribution in [0.25, 0.3) is 0 Å². The fourth-order valence-corrected chi connectivity index (χ4v) is 1.10. The minimum atomic E-state index is -1.51. The molecule has 1 heterocycles. The fraction of sp³-hybridized carbons (Fsp3) is 0.222. The molecule has 0 fully saturated rings. The van der Waals surface area contributed by atoms with Crippen LogP contribution < -0.4 is 16.5 Å². The second kappa shape index (κ2) is 5.19. The molecule has 0 saturated carbocycles. The van der Waals surface area contributed by atoms with Gasteiger partial charge >= 0.3 is 5.91 Å². The van der Waals surface area contributed by atoms with Crippen LogP contribution in [0, 0.1) is 0 Å². The maximum Gasteiger partial charge on any atom is 0.313 e. The Morgan fingerprint density at radius 3 is 2.88 bits per heavy atom. The first-order chi connectivity index (χ1) is 7.52. The molecule has 16 heavy (non-hydrogen) atoms. The zero-order chi connectivity index (χ0) is 12.1. The molecule has 0 saturated heterocycles. The Bertz CT molecular complexity index is 405. The van der Waals surface area contributed by atoms with Crippen LogP contribution in [0.1, 0.15) is 5.56 Å². The molecule has 86 valence electrons. The van der Waals surface area contributed by atoms with Crippen molar-refractivity contribution < 1.29 is 20.4 Å². The number of rotatable bonds is 5. The summed E-state index contributed by atoms with van der Waals surface area (Å²) in [7, 11) is 0. The number of pyridine rings is 1. The predicted molar refractivity (Wildman–Crippen MR) is 56.2 cm³/mol. The van der Waals surface area contributed by atoms with Gasteiger partial charge in [-0.3, -0.25) is 9.78 Å². The van der Waals surface area contributed by atoms with Gasteiger partial charge in [0.05, 0.1) is 24.0 Å². The SMILES string of the molecule is NC(=O)C(=[NH2+])c1ccncc1NCC(O)O. The highest BCUT2D eigenvalue weighted by atomic mass is 16.5. The van der Waals surface area contributed by atoms with Gasteiger partial charge in [-0.15, -0.1) is 0 Å². The van der Waals surface area contributed by atoms with Crippen LogP contribution in [0.2, 0.25) is 0 Å². The van der Waals surface area contributed by atoms with E-state index in [9.17, 15) is 4.79 Å². The maximum atomic E-state index is 10.9. The molecular formula is C9H13N4O3+. The lowest BCUT2D eigenvalue weighted by atomic mass is 10.1. The summed E-state index contributed by atoms with van der Waals surface area (Å²) in [5.74, 6) is -0.751. The number of hydrogen-bond acceptors (Lipinski definition) is 5. The molecule has 0 aromatic carbocycles. The first-order valence-electron chi connectivity index (χ1n) is 4.49. The van der Waals surface area contributed by atoms with Crippen molar-refractivity contribution >= 4 is 17.3 Å². The van der Waals surface area contributed by atoms with Gasteiger partial charge in [0.25, 0.3) is 5.71 Å². The molecule has 0 unspecified atom stereocenters. The second-order valence-electron chi connectivity index (χ2n) is 3.06. The summed E-state index contributed by atoms with van der Waals surface area (Å²) in [6, 6.07) is 1.51. The van der Waals surface area contributed by atoms with Crippen molar-refractivity contribution in [1.29, 1.82) is 0 Å². The Balaban J connectivity index is 2.91. The van der Waals surface area contributed by atoms with Crippen molar-refractivity contribution in [3.63, 3.8) is 0 Å². The summed E-state index contributed by atoms with van der Waals surface area (Å²) in [5, 5.41) is 25.6. The van der Waals surface area contributed by atoms with Crippen molar-refractivity contribution in [1.82, 2.24) is 4.98 Å². The van der Waals surface area contributed by atoms with Gasteiger partial charge < -0.3 is 21.3 Å². The van der Waals surface area contributed by atoms with Crippen LogP contribution >= 0.6 is 0 Å². The average Bonchev–Trinajstić information content (AvgIpc) is 2.25. The van der Waals surface area contributed by atoms with Crippen LogP contribution in [-0.4, -0.2) is 39.7 Å². The van der Waals surface area contributed by atoms with Crippen molar-refractivity contribution in [2.75, 3.05) is 11.9 Å². The van der Waals surface area contributed by atoms with E-state index in [0.29, 0.717) is 11.3 Å². The lowest BCUT2D eigenvalue weighted by Gasteiger charge is -2.09. The van der Waals surface area contributed by atoms with E-state index in [1.54, 1.807) is 0 Å². The molecule has 0 aliphatic rings. The third kappa shape index (κ3) is 3.01. The third-order valence-corrected chi connectivity index (χ3v) is 1.85. The summed E-state index contributed by atoms with van der Waals surface area (Å²) in [6.45, 7) is -0.106. The number of nitrogens with one attached hydrogen (secondary N) is 1. The Hall–Kier alpha value is -1.99. The molecule has 0 bridgehead atoms. The standard InChI is InChI=1S/C9H12N4O3/c10-8(9(11)16)5-1-2-12-3-6(5)13-4-7(14)15/h1-3,7,10,13-15H,4H2,(H2,11,16)/p+1. The van der Waals surface area contributed by atoms with Crippen LogP contribution in [0.15, 0.2) is 18.5 Å². The number of carbonyl (C=O) groups is 1. The lowest BCUT2D eigenvalue weighted by Crippen LogP contribution is -2.48. The first kappa shape index (κ1) is 12.1. The molecule has 0 spiro atoms. The zero-order valence-electron chi connectivity index (χ0n) is 8.42. The largest absolute Gasteiger partial charge is 0.378 e. The Kier molecular flexibility index (Phi) is 3.92. The monoisotopic (exact) mass is 225 g/mol. The topological polar surface area (TPSA) is 134 Å². The van der Waals surface area contributed by atoms with Gasteiger partial charge in [-0.2, -0.15) is 0 Å². The number of primary amides is 1. The van der Waals surface area contributed by atoms with Gasteiger partial charge in [-0.25, -0.2) is 5.41 Å². The van der Waals surface area contributed by atoms with E-state index < -0.39 is 12.2 Å². The molecule has 0 aliphatic carbocycles. The van der Waals surface area contributed by atoms with E-state index in [4.69, 9.17) is 21.4 Å². The van der Waals surface area contributed by atoms with Crippen molar-refractivity contribution in [3.8, 4) is 0 Å². The second-order valence-corrected chi connectivity index (χ2v) is 3.06. The van der Waals surface area contributed by atoms with Gasteiger partial charge in [-0.1, -0.05) is 0 Å². The van der Waals surface area contributed by atoms with E-state index in [1.165, 1.54) is 18.5 Å². The van der Waals surface area contributed by atoms with E-state index in [-0.39, 0.29) is 12.3 Å². The molecule has 1 aromatic rings. The van der Waals surface area contributed by atoms with E-state index in [0.717, 1.165) is 0 Å². The molecule has 1 aromatic heterocycles. The fourth-order valence-electron chi connectivity index (χ4n) is 1.10. The zero-order valence-corrected chi connectivity index (χ0v) is 8.42. The van der Waals surface area contributed by atoms with Crippen LogP contribution in [0.4, 0.5) is 5.69 Å². The van der Waals surface area contributed by atoms with Gasteiger partial charge in [-0.05, 0) is 6.07 Å². The number of aliphatic hydroxyl groups is 2. The molecule has 0 atom stereocenters. The Labute approximate surface area is 91.4 Å². The molecule has 1 amide bonds. The van der Waals surface area contributed by atoms with Crippen molar-refractivity contribution in [3.05, 3.63) is 24.0 Å². The summed E-state index contributed by atoms with van der Waals surface area (Å²) in [4.78, 5) is 14.7. The molecule has 7 nitrogen and oxygen atoms in total. The minimum absolute atomic E-state index is 0.106. The molecular weight excluding hydrogens is 212 g/mol. The van der Waals surface area contributed by atoms with Gasteiger partial charge in [0.1, 0.15) is 0 Å². The molecule has 7 N–H and O–H groups in total. The summed E-state index contributed by atoms with van der Waals surface area (Å²) in [5.41, 5.74) is 5.72. The van der Waals surface area contributed by atoms with Gasteiger partial charge in [0.15, 0.2) is 6.29 Å². The normalized spacial score (nSPS) is 10.2. The van der Waals surface area contributed by atoms with E-state index in [2.05, 4.69) is 10.3 Å². The summed E-state index contributed by atoms with van der Waals surface area (Å²) in [6.07, 6.45) is 1.35. The molecule has 7 heteroatoms. The minimum Gasteiger partial charge on any atom is -0.378 e. The van der Waals surface area contributed by atoms with Crippen molar-refractivity contribution in [2.24, 2.45) is 5.73 Å². The van der Waals surface area contributed by atoms with E-state index in [1.807, 2.05) is 0 Å². The van der Waals surface area contributed by atoms with Crippen LogP contribution in [0.5, 0.6) is 0 Å². The third-order valence-electron chi connectivity index (χ3n) is 1.85. The maximum absolute atomic E-state index is 10.9. The van der Waals surface area contributed by atoms with Gasteiger partial charge in [0, 0.05) is 6.20 Å². The number of hydrogen-bond donors (Lipinski definition) is 5. The lowest BCUT2D eigenvalue weighted by molar-refractivity contribution is -0.133. The number of amides is 1. The first-order valence-corrected chi connectivity index (χ1v) is 4.49. The molecule has 1 rings (SSSR count). The Morgan fingerprint density at radius 1 is 1.62 bits per heavy atom. The predicted octanol–water partition coefficient (Wildman–Crippen LogP) is -3.16. The Morgan fingerprint density at radius 2 is 2.31 bits per heavy atom. The number of aliphatic hydroxyl groups excluding tert-OH is 1.